The van der Waals surface area contributed by atoms with E-state index >= 15 is 0 Å². The molecule has 0 aromatic heterocycles. The summed E-state index contributed by atoms with van der Waals surface area (Å²) in [6, 6.07) is 11.2. The van der Waals surface area contributed by atoms with E-state index in [0.29, 0.717) is 16.8 Å². The van der Waals surface area contributed by atoms with Crippen molar-refractivity contribution in [3.8, 4) is 5.75 Å². The number of para-hydroxylation sites is 1. The number of carbonyl (C=O) groups excluding carboxylic acids is 1. The van der Waals surface area contributed by atoms with E-state index in [4.69, 9.17) is 0 Å². The number of hydrogen-bond donors (Lipinski definition) is 1. The summed E-state index contributed by atoms with van der Waals surface area (Å²) in [6.45, 7) is 12.7. The number of carbonyl (C=O) groups is 1. The van der Waals surface area contributed by atoms with Crippen LogP contribution in [0.3, 0.4) is 0 Å². The Balaban J connectivity index is 2.60. The van der Waals surface area contributed by atoms with Crippen LogP contribution in [0.1, 0.15) is 68.6 Å². The van der Waals surface area contributed by atoms with Crippen LogP contribution in [-0.4, -0.2) is 17.6 Å². The highest BCUT2D eigenvalue weighted by molar-refractivity contribution is 5.90. The number of hydrogen-bond acceptors (Lipinski definition) is 3. The zero-order valence-corrected chi connectivity index (χ0v) is 15.9. The van der Waals surface area contributed by atoms with E-state index in [0.717, 1.165) is 17.4 Å². The Labute approximate surface area is 150 Å². The lowest BCUT2D eigenvalue weighted by Crippen LogP contribution is -2.17. The van der Waals surface area contributed by atoms with Crippen LogP contribution in [-0.2, 0) is 10.8 Å². The molecule has 0 aliphatic rings. The van der Waals surface area contributed by atoms with Crippen molar-refractivity contribution >= 4 is 18.2 Å². The lowest BCUT2D eigenvalue weighted by Gasteiger charge is -2.27. The van der Waals surface area contributed by atoms with E-state index in [2.05, 4.69) is 52.6 Å². The molecule has 0 radical (unpaired) electrons. The van der Waals surface area contributed by atoms with E-state index in [-0.39, 0.29) is 16.6 Å². The van der Waals surface area contributed by atoms with Crippen molar-refractivity contribution in [1.82, 2.24) is 0 Å². The van der Waals surface area contributed by atoms with E-state index in [1.807, 2.05) is 12.1 Å². The predicted octanol–water partition coefficient (Wildman–Crippen LogP) is 5.55. The fourth-order valence-electron chi connectivity index (χ4n) is 2.60. The Kier molecular flexibility index (Phi) is 5.17. The van der Waals surface area contributed by atoms with Crippen LogP contribution in [0, 0.1) is 0 Å². The second kappa shape index (κ2) is 6.83. The molecule has 0 unspecified atom stereocenters. The molecule has 2 aromatic carbocycles. The normalized spacial score (nSPS) is 12.6. The maximum Gasteiger partial charge on any atom is 0.152 e. The maximum atomic E-state index is 11.2. The second-order valence-electron chi connectivity index (χ2n) is 8.40. The van der Waals surface area contributed by atoms with Gasteiger partial charge in [0.05, 0.1) is 5.69 Å². The van der Waals surface area contributed by atoms with Gasteiger partial charge >= 0.3 is 0 Å². The van der Waals surface area contributed by atoms with E-state index in [1.165, 1.54) is 0 Å². The summed E-state index contributed by atoms with van der Waals surface area (Å²) < 4.78 is 0. The van der Waals surface area contributed by atoms with Gasteiger partial charge in [0.25, 0.3) is 0 Å². The van der Waals surface area contributed by atoms with Gasteiger partial charge in [0, 0.05) is 22.9 Å². The van der Waals surface area contributed by atoms with Crippen LogP contribution in [0.5, 0.6) is 5.75 Å². The Hall–Kier alpha value is -2.42. The van der Waals surface area contributed by atoms with Crippen LogP contribution in [0.2, 0.25) is 0 Å². The molecule has 1 N–H and O–H groups in total. The fourth-order valence-corrected chi connectivity index (χ4v) is 2.60. The maximum absolute atomic E-state index is 11.2. The third-order valence-electron chi connectivity index (χ3n) is 4.22. The molecule has 0 saturated heterocycles. The lowest BCUT2D eigenvalue weighted by molar-refractivity contribution is 0.112. The van der Waals surface area contributed by atoms with Crippen LogP contribution in [0.4, 0.5) is 5.69 Å². The molecule has 0 spiro atoms. The van der Waals surface area contributed by atoms with Gasteiger partial charge in [-0.15, -0.1) is 0 Å². The molecule has 132 valence electrons. The molecular weight excluding hydrogens is 310 g/mol. The summed E-state index contributed by atoms with van der Waals surface area (Å²) in [6.07, 6.45) is 2.43. The van der Waals surface area contributed by atoms with Crippen molar-refractivity contribution < 1.29 is 9.90 Å². The minimum Gasteiger partial charge on any atom is -0.507 e. The fraction of sp³-hybridized carbons (Fsp3) is 0.364. The average molecular weight is 337 g/mol. The number of phenolic OH excluding ortho intramolecular Hbond substituents is 1. The number of benzene rings is 2. The molecule has 0 saturated carbocycles. The number of nitrogens with zero attached hydrogens (tertiary/aromatic N) is 1. The van der Waals surface area contributed by atoms with Crippen molar-refractivity contribution in [2.75, 3.05) is 0 Å². The van der Waals surface area contributed by atoms with Gasteiger partial charge in [-0.3, -0.25) is 9.79 Å². The molecule has 0 heterocycles. The minimum absolute atomic E-state index is 0.0446. The summed E-state index contributed by atoms with van der Waals surface area (Å²) >= 11 is 0. The van der Waals surface area contributed by atoms with Crippen LogP contribution < -0.4 is 0 Å². The molecule has 0 atom stereocenters. The Bertz CT molecular complexity index is 806. The molecular formula is C22H27NO2. The van der Waals surface area contributed by atoms with Gasteiger partial charge in [0.2, 0.25) is 0 Å². The van der Waals surface area contributed by atoms with Crippen molar-refractivity contribution in [2.45, 2.75) is 52.4 Å². The summed E-state index contributed by atoms with van der Waals surface area (Å²) in [7, 11) is 0. The van der Waals surface area contributed by atoms with Crippen molar-refractivity contribution in [1.29, 1.82) is 0 Å². The molecule has 0 amide bonds. The highest BCUT2D eigenvalue weighted by Gasteiger charge is 2.24. The summed E-state index contributed by atoms with van der Waals surface area (Å²) in [5.41, 5.74) is 3.59. The quantitative estimate of drug-likeness (QED) is 0.589. The van der Waals surface area contributed by atoms with Gasteiger partial charge in [-0.2, -0.15) is 0 Å². The average Bonchev–Trinajstić information content (AvgIpc) is 2.51. The lowest BCUT2D eigenvalue weighted by atomic mass is 9.79. The first-order valence-electron chi connectivity index (χ1n) is 8.50. The van der Waals surface area contributed by atoms with Gasteiger partial charge in [-0.1, -0.05) is 59.7 Å². The predicted molar refractivity (Wildman–Crippen MR) is 105 cm³/mol. The molecule has 25 heavy (non-hydrogen) atoms. The Morgan fingerprint density at radius 2 is 1.56 bits per heavy atom. The number of phenols is 1. The molecule has 0 bridgehead atoms. The number of aromatic hydroxyl groups is 1. The zero-order chi connectivity index (χ0) is 18.8. The van der Waals surface area contributed by atoms with Crippen molar-refractivity contribution in [2.24, 2.45) is 4.99 Å². The van der Waals surface area contributed by atoms with Gasteiger partial charge in [0.1, 0.15) is 5.75 Å². The van der Waals surface area contributed by atoms with Gasteiger partial charge in [-0.05, 0) is 34.6 Å². The number of aliphatic imine (C=N–C) groups is 1. The molecule has 3 nitrogen and oxygen atoms in total. The zero-order valence-electron chi connectivity index (χ0n) is 15.9. The van der Waals surface area contributed by atoms with Crippen molar-refractivity contribution in [3.05, 3.63) is 58.7 Å². The summed E-state index contributed by atoms with van der Waals surface area (Å²) in [5.74, 6) is 0.243. The largest absolute Gasteiger partial charge is 0.507 e. The first-order valence-corrected chi connectivity index (χ1v) is 8.50. The van der Waals surface area contributed by atoms with Gasteiger partial charge in [-0.25, -0.2) is 0 Å². The number of rotatable bonds is 3. The highest BCUT2D eigenvalue weighted by Crippen LogP contribution is 2.37. The van der Waals surface area contributed by atoms with Gasteiger partial charge < -0.3 is 5.11 Å². The SMILES string of the molecule is CC(C)(C)c1cc(C=Nc2ccccc2C=O)c(O)c(C(C)(C)C)c1. The van der Waals surface area contributed by atoms with Crippen molar-refractivity contribution in [3.63, 3.8) is 0 Å². The number of aldehydes is 1. The minimum atomic E-state index is -0.186. The highest BCUT2D eigenvalue weighted by atomic mass is 16.3. The monoisotopic (exact) mass is 337 g/mol. The molecule has 0 aliphatic carbocycles. The molecule has 2 aromatic rings. The summed E-state index contributed by atoms with van der Waals surface area (Å²) in [5, 5.41) is 10.8. The first kappa shape index (κ1) is 18.9. The van der Waals surface area contributed by atoms with E-state index in [9.17, 15) is 9.90 Å². The third kappa shape index (κ3) is 4.36. The van der Waals surface area contributed by atoms with Gasteiger partial charge in [0.15, 0.2) is 6.29 Å². The smallest absolute Gasteiger partial charge is 0.152 e. The van der Waals surface area contributed by atoms with Crippen LogP contribution in [0.15, 0.2) is 41.4 Å². The molecule has 2 rings (SSSR count). The Morgan fingerprint density at radius 1 is 0.920 bits per heavy atom. The Morgan fingerprint density at radius 3 is 2.12 bits per heavy atom. The third-order valence-corrected chi connectivity index (χ3v) is 4.22. The second-order valence-corrected chi connectivity index (χ2v) is 8.40. The topological polar surface area (TPSA) is 49.7 Å². The van der Waals surface area contributed by atoms with Crippen LogP contribution in [0.25, 0.3) is 0 Å². The first-order chi connectivity index (χ1) is 11.5. The molecule has 0 aliphatic heterocycles. The van der Waals surface area contributed by atoms with E-state index < -0.39 is 0 Å². The van der Waals surface area contributed by atoms with E-state index in [1.54, 1.807) is 24.4 Å². The standard InChI is InChI=1S/C22H27NO2/c1-21(2,3)17-11-16(20(25)18(12-17)22(4,5)6)13-23-19-10-8-7-9-15(19)14-24/h7-14,25H,1-6H3. The molecule has 0 fully saturated rings. The molecule has 3 heteroatoms. The van der Waals surface area contributed by atoms with Crippen LogP contribution >= 0.6 is 0 Å². The summed E-state index contributed by atoms with van der Waals surface area (Å²) in [4.78, 5) is 15.6.